The van der Waals surface area contributed by atoms with Crippen LogP contribution in [0.2, 0.25) is 0 Å². The Balaban J connectivity index is 2.09. The van der Waals surface area contributed by atoms with Crippen LogP contribution in [0.1, 0.15) is 50.5 Å². The Kier molecular flexibility index (Phi) is 5.94. The van der Waals surface area contributed by atoms with Gasteiger partial charge in [0.1, 0.15) is 10.7 Å². The van der Waals surface area contributed by atoms with Crippen molar-refractivity contribution >= 4 is 28.6 Å². The molecule has 0 aromatic carbocycles. The van der Waals surface area contributed by atoms with Gasteiger partial charge in [-0.3, -0.25) is 4.79 Å². The van der Waals surface area contributed by atoms with E-state index in [2.05, 4.69) is 31.1 Å². The summed E-state index contributed by atoms with van der Waals surface area (Å²) < 4.78 is 0. The second-order valence-corrected chi connectivity index (χ2v) is 6.99. The summed E-state index contributed by atoms with van der Waals surface area (Å²) in [5, 5.41) is 6.90. The maximum atomic E-state index is 12.6. The zero-order valence-electron chi connectivity index (χ0n) is 12.8. The average Bonchev–Trinajstić information content (AvgIpc) is 3.11. The molecule has 2 rings (SSSR count). The summed E-state index contributed by atoms with van der Waals surface area (Å²) >= 11 is 3.19. The number of nitrogens with zero attached hydrogens (tertiary/aromatic N) is 2. The fourth-order valence-electron chi connectivity index (χ4n) is 2.16. The van der Waals surface area contributed by atoms with Gasteiger partial charge in [-0.25, -0.2) is 4.98 Å². The van der Waals surface area contributed by atoms with E-state index >= 15 is 0 Å². The Labute approximate surface area is 134 Å². The van der Waals surface area contributed by atoms with Gasteiger partial charge in [0.25, 0.3) is 5.91 Å². The molecule has 3 nitrogen and oxygen atoms in total. The molecule has 0 aliphatic rings. The van der Waals surface area contributed by atoms with Crippen molar-refractivity contribution in [3.63, 3.8) is 0 Å². The molecule has 0 fully saturated rings. The minimum atomic E-state index is 0.0545. The third kappa shape index (κ3) is 4.14. The highest BCUT2D eigenvalue weighted by atomic mass is 32.1. The molecule has 5 heteroatoms. The summed E-state index contributed by atoms with van der Waals surface area (Å²) in [6.45, 7) is 7.12. The molecule has 0 N–H and O–H groups in total. The predicted molar refractivity (Wildman–Crippen MR) is 91.1 cm³/mol. The average molecular weight is 322 g/mol. The lowest BCUT2D eigenvalue weighted by molar-refractivity contribution is 0.0697. The van der Waals surface area contributed by atoms with E-state index in [1.807, 2.05) is 21.7 Å². The summed E-state index contributed by atoms with van der Waals surface area (Å²) in [7, 11) is 0. The maximum Gasteiger partial charge on any atom is 0.273 e. The molecule has 2 aromatic heterocycles. The van der Waals surface area contributed by atoms with Crippen LogP contribution in [0, 0.1) is 0 Å². The van der Waals surface area contributed by atoms with Crippen LogP contribution in [-0.2, 0) is 0 Å². The van der Waals surface area contributed by atoms with Crippen molar-refractivity contribution in [3.8, 4) is 10.6 Å². The summed E-state index contributed by atoms with van der Waals surface area (Å²) in [4.78, 5) is 19.1. The normalized spacial score (nSPS) is 11.0. The number of carbonyl (C=O) groups excluding carboxylic acids is 1. The second-order valence-electron chi connectivity index (χ2n) is 5.35. The minimum Gasteiger partial charge on any atom is -0.335 e. The third-order valence-corrected chi connectivity index (χ3v) is 4.95. The lowest BCUT2D eigenvalue weighted by Gasteiger charge is -2.26. The number of rotatable bonds is 7. The minimum absolute atomic E-state index is 0.0545. The van der Waals surface area contributed by atoms with Gasteiger partial charge in [-0.05, 0) is 31.7 Å². The van der Waals surface area contributed by atoms with Crippen molar-refractivity contribution in [3.05, 3.63) is 27.9 Å². The largest absolute Gasteiger partial charge is 0.335 e. The molecule has 0 spiro atoms. The Hall–Kier alpha value is -1.20. The van der Waals surface area contributed by atoms with Crippen LogP contribution in [0.3, 0.4) is 0 Å². The van der Waals surface area contributed by atoms with Crippen LogP contribution in [0.5, 0.6) is 0 Å². The van der Waals surface area contributed by atoms with Crippen LogP contribution in [0.25, 0.3) is 10.6 Å². The van der Waals surface area contributed by atoms with E-state index in [1.165, 1.54) is 6.42 Å². The van der Waals surface area contributed by atoms with Gasteiger partial charge in [0.2, 0.25) is 0 Å². The first-order valence-corrected chi connectivity index (χ1v) is 9.24. The van der Waals surface area contributed by atoms with Crippen molar-refractivity contribution in [2.75, 3.05) is 6.54 Å². The summed E-state index contributed by atoms with van der Waals surface area (Å²) in [5.41, 5.74) is 1.68. The topological polar surface area (TPSA) is 33.2 Å². The van der Waals surface area contributed by atoms with Crippen molar-refractivity contribution in [2.24, 2.45) is 0 Å². The molecule has 0 aliphatic carbocycles. The van der Waals surface area contributed by atoms with Gasteiger partial charge in [0, 0.05) is 28.9 Å². The molecule has 0 saturated carbocycles. The van der Waals surface area contributed by atoms with E-state index in [4.69, 9.17) is 0 Å². The van der Waals surface area contributed by atoms with E-state index < -0.39 is 0 Å². The fourth-order valence-corrected chi connectivity index (χ4v) is 3.67. The van der Waals surface area contributed by atoms with Gasteiger partial charge in [-0.1, -0.05) is 19.8 Å². The zero-order chi connectivity index (χ0) is 15.2. The number of carbonyl (C=O) groups is 1. The van der Waals surface area contributed by atoms with E-state index in [1.54, 1.807) is 22.7 Å². The number of thiazole rings is 1. The van der Waals surface area contributed by atoms with E-state index in [0.29, 0.717) is 5.69 Å². The molecule has 114 valence electrons. The fraction of sp³-hybridized carbons (Fsp3) is 0.500. The monoisotopic (exact) mass is 322 g/mol. The third-order valence-electron chi connectivity index (χ3n) is 3.38. The van der Waals surface area contributed by atoms with Gasteiger partial charge in [0.15, 0.2) is 0 Å². The smallest absolute Gasteiger partial charge is 0.273 e. The molecule has 0 aliphatic heterocycles. The first kappa shape index (κ1) is 16.2. The molecule has 0 saturated heterocycles. The predicted octanol–water partition coefficient (Wildman–Crippen LogP) is 4.91. The Morgan fingerprint density at radius 1 is 1.33 bits per heavy atom. The molecule has 0 radical (unpaired) electrons. The van der Waals surface area contributed by atoms with Crippen molar-refractivity contribution in [1.82, 2.24) is 9.88 Å². The molecule has 0 bridgehead atoms. The van der Waals surface area contributed by atoms with E-state index in [9.17, 15) is 4.79 Å². The number of hydrogen-bond donors (Lipinski definition) is 0. The highest BCUT2D eigenvalue weighted by Gasteiger charge is 2.21. The molecule has 1 amide bonds. The summed E-state index contributed by atoms with van der Waals surface area (Å²) in [6, 6.07) is 2.25. The van der Waals surface area contributed by atoms with Gasteiger partial charge in [-0.2, -0.15) is 11.3 Å². The Morgan fingerprint density at radius 3 is 2.76 bits per heavy atom. The van der Waals surface area contributed by atoms with Gasteiger partial charge < -0.3 is 4.90 Å². The van der Waals surface area contributed by atoms with Gasteiger partial charge in [-0.15, -0.1) is 11.3 Å². The molecular formula is C16H22N2OS2. The number of unbranched alkanes of at least 4 members (excludes halogenated alkanes) is 2. The highest BCUT2D eigenvalue weighted by molar-refractivity contribution is 7.14. The lowest BCUT2D eigenvalue weighted by atomic mass is 10.2. The quantitative estimate of drug-likeness (QED) is 0.678. The van der Waals surface area contributed by atoms with Gasteiger partial charge in [0.05, 0.1) is 0 Å². The van der Waals surface area contributed by atoms with Gasteiger partial charge >= 0.3 is 0 Å². The number of amides is 1. The molecule has 2 aromatic rings. The first-order chi connectivity index (χ1) is 10.1. The highest BCUT2D eigenvalue weighted by Crippen LogP contribution is 2.26. The zero-order valence-corrected chi connectivity index (χ0v) is 14.5. The van der Waals surface area contributed by atoms with E-state index in [-0.39, 0.29) is 11.9 Å². The van der Waals surface area contributed by atoms with Crippen LogP contribution in [0.4, 0.5) is 0 Å². The van der Waals surface area contributed by atoms with Crippen LogP contribution >= 0.6 is 22.7 Å². The number of hydrogen-bond acceptors (Lipinski definition) is 4. The second kappa shape index (κ2) is 7.71. The Morgan fingerprint density at radius 2 is 2.14 bits per heavy atom. The maximum absolute atomic E-state index is 12.6. The van der Waals surface area contributed by atoms with Crippen molar-refractivity contribution < 1.29 is 4.79 Å². The number of thiophene rings is 1. The SMILES string of the molecule is CCCCCN(C(=O)c1csc(-c2ccsc2)n1)C(C)C. The molecule has 2 heterocycles. The molecule has 0 unspecified atom stereocenters. The first-order valence-electron chi connectivity index (χ1n) is 7.42. The van der Waals surface area contributed by atoms with Crippen LogP contribution in [-0.4, -0.2) is 28.4 Å². The summed E-state index contributed by atoms with van der Waals surface area (Å²) in [6.07, 6.45) is 3.38. The standard InChI is InChI=1S/C16H22N2OS2/c1-4-5-6-8-18(12(2)3)16(19)14-11-21-15(17-14)13-7-9-20-10-13/h7,9-12H,4-6,8H2,1-3H3. The molecule has 21 heavy (non-hydrogen) atoms. The lowest BCUT2D eigenvalue weighted by Crippen LogP contribution is -2.37. The van der Waals surface area contributed by atoms with Crippen LogP contribution in [0.15, 0.2) is 22.2 Å². The van der Waals surface area contributed by atoms with Crippen molar-refractivity contribution in [2.45, 2.75) is 46.1 Å². The summed E-state index contributed by atoms with van der Waals surface area (Å²) in [5.74, 6) is 0.0545. The number of aromatic nitrogens is 1. The Bertz CT molecular complexity index is 561. The molecule has 0 atom stereocenters. The van der Waals surface area contributed by atoms with E-state index in [0.717, 1.165) is 30.0 Å². The van der Waals surface area contributed by atoms with Crippen molar-refractivity contribution in [1.29, 1.82) is 0 Å². The van der Waals surface area contributed by atoms with Crippen LogP contribution < -0.4 is 0 Å². The molecular weight excluding hydrogens is 300 g/mol.